The van der Waals surface area contributed by atoms with Gasteiger partial charge in [0.15, 0.2) is 11.5 Å². The average Bonchev–Trinajstić information content (AvgIpc) is 3.71. The Kier molecular flexibility index (Phi) is 9.38. The van der Waals surface area contributed by atoms with Gasteiger partial charge in [0.1, 0.15) is 19.0 Å². The topological polar surface area (TPSA) is 97.2 Å². The van der Waals surface area contributed by atoms with Crippen LogP contribution in [-0.2, 0) is 0 Å². The molecule has 2 aromatic carbocycles. The standard InChI is InChI=1S/C31H41N7O3/c1-22(2)25-11-9-23(3)19-27(25)41-18-17-40-26-12-10-24(20-28(26)39-4)21-32-36-29-33-30(37-13-5-6-14-37)35-31(34-29)38-15-7-8-16-38/h9-12,19-22H,5-8,13-18H2,1-4H3,(H,33,34,35,36)/b32-21-. The minimum Gasteiger partial charge on any atom is -0.493 e. The molecule has 0 atom stereocenters. The van der Waals surface area contributed by atoms with Crippen LogP contribution in [0.2, 0.25) is 0 Å². The Morgan fingerprint density at radius 1 is 0.829 bits per heavy atom. The minimum absolute atomic E-state index is 0.389. The number of aryl methyl sites for hydroxylation is 1. The molecule has 0 saturated carbocycles. The largest absolute Gasteiger partial charge is 0.493 e. The monoisotopic (exact) mass is 559 g/mol. The summed E-state index contributed by atoms with van der Waals surface area (Å²) in [6, 6.07) is 12.0. The molecule has 2 aliphatic rings. The molecular weight excluding hydrogens is 518 g/mol. The molecule has 5 rings (SSSR count). The first kappa shape index (κ1) is 28.4. The number of rotatable bonds is 12. The Bertz CT molecular complexity index is 1300. The van der Waals surface area contributed by atoms with E-state index in [0.29, 0.717) is 48.5 Å². The summed E-state index contributed by atoms with van der Waals surface area (Å²) in [7, 11) is 1.63. The molecule has 10 heteroatoms. The summed E-state index contributed by atoms with van der Waals surface area (Å²) >= 11 is 0. The molecular formula is C31H41N7O3. The molecule has 1 N–H and O–H groups in total. The van der Waals surface area contributed by atoms with E-state index in [1.165, 1.54) is 11.1 Å². The zero-order valence-corrected chi connectivity index (χ0v) is 24.6. The maximum atomic E-state index is 6.06. The van der Waals surface area contributed by atoms with E-state index in [0.717, 1.165) is 63.2 Å². The van der Waals surface area contributed by atoms with Crippen LogP contribution in [0.4, 0.5) is 17.8 Å². The Labute approximate surface area is 242 Å². The molecule has 0 radical (unpaired) electrons. The van der Waals surface area contributed by atoms with Crippen molar-refractivity contribution in [2.24, 2.45) is 5.10 Å². The van der Waals surface area contributed by atoms with Crippen LogP contribution in [0.3, 0.4) is 0 Å². The summed E-state index contributed by atoms with van der Waals surface area (Å²) in [6.07, 6.45) is 6.35. The van der Waals surface area contributed by atoms with Gasteiger partial charge in [-0.15, -0.1) is 0 Å². The van der Waals surface area contributed by atoms with Crippen molar-refractivity contribution in [3.05, 3.63) is 53.1 Å². The number of hydrogen-bond acceptors (Lipinski definition) is 10. The van der Waals surface area contributed by atoms with Crippen molar-refractivity contribution in [2.45, 2.75) is 52.4 Å². The Balaban J connectivity index is 1.20. The second-order valence-electron chi connectivity index (χ2n) is 10.8. The summed E-state index contributed by atoms with van der Waals surface area (Å²) < 4.78 is 17.6. The highest BCUT2D eigenvalue weighted by atomic mass is 16.5. The van der Waals surface area contributed by atoms with E-state index in [9.17, 15) is 0 Å². The van der Waals surface area contributed by atoms with Crippen molar-refractivity contribution in [1.29, 1.82) is 0 Å². The molecule has 0 spiro atoms. The van der Waals surface area contributed by atoms with Crippen LogP contribution in [0.1, 0.15) is 62.1 Å². The van der Waals surface area contributed by atoms with Gasteiger partial charge in [0.25, 0.3) is 0 Å². The van der Waals surface area contributed by atoms with Crippen molar-refractivity contribution >= 4 is 24.1 Å². The number of anilines is 3. The molecule has 10 nitrogen and oxygen atoms in total. The normalized spacial score (nSPS) is 15.2. The van der Waals surface area contributed by atoms with Crippen LogP contribution in [0.5, 0.6) is 17.2 Å². The quantitative estimate of drug-likeness (QED) is 0.177. The zero-order chi connectivity index (χ0) is 28.6. The molecule has 41 heavy (non-hydrogen) atoms. The van der Waals surface area contributed by atoms with Gasteiger partial charge in [-0.3, -0.25) is 0 Å². The third-order valence-corrected chi connectivity index (χ3v) is 7.35. The average molecular weight is 560 g/mol. The molecule has 1 aromatic heterocycles. The van der Waals surface area contributed by atoms with E-state index in [1.807, 2.05) is 18.2 Å². The third-order valence-electron chi connectivity index (χ3n) is 7.35. The van der Waals surface area contributed by atoms with Gasteiger partial charge < -0.3 is 24.0 Å². The van der Waals surface area contributed by atoms with Gasteiger partial charge in [0, 0.05) is 26.2 Å². The van der Waals surface area contributed by atoms with Crippen LogP contribution < -0.4 is 29.4 Å². The predicted octanol–water partition coefficient (Wildman–Crippen LogP) is 5.42. The Hall–Kier alpha value is -4.08. The first-order valence-electron chi connectivity index (χ1n) is 14.6. The Morgan fingerprint density at radius 3 is 2.07 bits per heavy atom. The highest BCUT2D eigenvalue weighted by molar-refractivity contribution is 5.81. The SMILES string of the molecule is COc1cc(/C=N\Nc2nc(N3CCCC3)nc(N3CCCC3)n2)ccc1OCCOc1cc(C)ccc1C(C)C. The summed E-state index contributed by atoms with van der Waals surface area (Å²) in [5, 5.41) is 4.41. The lowest BCUT2D eigenvalue weighted by atomic mass is 10.0. The number of hydrogen-bond donors (Lipinski definition) is 1. The van der Waals surface area contributed by atoms with Crippen molar-refractivity contribution in [3.8, 4) is 17.2 Å². The van der Waals surface area contributed by atoms with Gasteiger partial charge in [-0.1, -0.05) is 26.0 Å². The maximum absolute atomic E-state index is 6.06. The van der Waals surface area contributed by atoms with Gasteiger partial charge in [0.2, 0.25) is 17.8 Å². The lowest BCUT2D eigenvalue weighted by Gasteiger charge is -2.20. The number of aromatic nitrogens is 3. The predicted molar refractivity (Wildman–Crippen MR) is 163 cm³/mol. The fraction of sp³-hybridized carbons (Fsp3) is 0.484. The van der Waals surface area contributed by atoms with Gasteiger partial charge in [-0.2, -0.15) is 20.1 Å². The molecule has 2 fully saturated rings. The fourth-order valence-corrected chi connectivity index (χ4v) is 5.12. The second kappa shape index (κ2) is 13.5. The van der Waals surface area contributed by atoms with E-state index in [2.05, 4.69) is 69.3 Å². The van der Waals surface area contributed by atoms with Gasteiger partial charge in [0.05, 0.1) is 13.3 Å². The molecule has 0 aliphatic carbocycles. The molecule has 0 amide bonds. The summed E-state index contributed by atoms with van der Waals surface area (Å²) in [5.41, 5.74) is 6.24. The number of nitrogens with one attached hydrogen (secondary N) is 1. The molecule has 2 saturated heterocycles. The van der Waals surface area contributed by atoms with Crippen LogP contribution in [0.15, 0.2) is 41.5 Å². The van der Waals surface area contributed by atoms with Gasteiger partial charge >= 0.3 is 0 Å². The number of benzene rings is 2. The lowest BCUT2D eigenvalue weighted by molar-refractivity contribution is 0.210. The number of methoxy groups -OCH3 is 1. The van der Waals surface area contributed by atoms with Crippen LogP contribution in [0, 0.1) is 6.92 Å². The first-order valence-corrected chi connectivity index (χ1v) is 14.6. The zero-order valence-electron chi connectivity index (χ0n) is 24.6. The number of hydrazone groups is 1. The van der Waals surface area contributed by atoms with Crippen LogP contribution in [-0.4, -0.2) is 67.7 Å². The van der Waals surface area contributed by atoms with Gasteiger partial charge in [-0.05, 0) is 79.5 Å². The van der Waals surface area contributed by atoms with E-state index in [1.54, 1.807) is 13.3 Å². The molecule has 3 heterocycles. The smallest absolute Gasteiger partial charge is 0.250 e. The van der Waals surface area contributed by atoms with Crippen molar-refractivity contribution < 1.29 is 14.2 Å². The van der Waals surface area contributed by atoms with E-state index >= 15 is 0 Å². The van der Waals surface area contributed by atoms with Crippen molar-refractivity contribution in [3.63, 3.8) is 0 Å². The Morgan fingerprint density at radius 2 is 1.46 bits per heavy atom. The molecule has 0 unspecified atom stereocenters. The highest BCUT2D eigenvalue weighted by Gasteiger charge is 2.21. The van der Waals surface area contributed by atoms with Crippen molar-refractivity contribution in [2.75, 3.05) is 61.7 Å². The summed E-state index contributed by atoms with van der Waals surface area (Å²) in [4.78, 5) is 18.5. The fourth-order valence-electron chi connectivity index (χ4n) is 5.12. The summed E-state index contributed by atoms with van der Waals surface area (Å²) in [5.74, 6) is 4.45. The number of nitrogens with zero attached hydrogens (tertiary/aromatic N) is 6. The number of ether oxygens (including phenoxy) is 3. The third kappa shape index (κ3) is 7.36. The summed E-state index contributed by atoms with van der Waals surface area (Å²) in [6.45, 7) is 11.1. The van der Waals surface area contributed by atoms with Gasteiger partial charge in [-0.25, -0.2) is 5.43 Å². The van der Waals surface area contributed by atoms with Crippen molar-refractivity contribution in [1.82, 2.24) is 15.0 Å². The second-order valence-corrected chi connectivity index (χ2v) is 10.8. The molecule has 2 aliphatic heterocycles. The molecule has 218 valence electrons. The van der Waals surface area contributed by atoms with Crippen LogP contribution in [0.25, 0.3) is 0 Å². The first-order chi connectivity index (χ1) is 20.0. The highest BCUT2D eigenvalue weighted by Crippen LogP contribution is 2.29. The maximum Gasteiger partial charge on any atom is 0.250 e. The lowest BCUT2D eigenvalue weighted by Crippen LogP contribution is -2.25. The van der Waals surface area contributed by atoms with Crippen LogP contribution >= 0.6 is 0 Å². The van der Waals surface area contributed by atoms with E-state index < -0.39 is 0 Å². The molecule has 3 aromatic rings. The minimum atomic E-state index is 0.389. The molecule has 0 bridgehead atoms. The van der Waals surface area contributed by atoms with E-state index in [4.69, 9.17) is 19.2 Å². The van der Waals surface area contributed by atoms with E-state index in [-0.39, 0.29) is 0 Å².